The number of para-hydroxylation sites is 1. The number of thioether (sulfide) groups is 1. The Balaban J connectivity index is 0.00000361. The van der Waals surface area contributed by atoms with Crippen molar-refractivity contribution in [2.75, 3.05) is 17.3 Å². The minimum Gasteiger partial charge on any atom is -0.324 e. The smallest absolute Gasteiger partial charge is 0.241 e. The molecular formula is C15H25ClN2OS. The summed E-state index contributed by atoms with van der Waals surface area (Å²) in [6.45, 7) is 6.39. The quantitative estimate of drug-likeness (QED) is 0.875. The van der Waals surface area contributed by atoms with Crippen molar-refractivity contribution >= 4 is 35.8 Å². The van der Waals surface area contributed by atoms with Crippen LogP contribution in [0.4, 0.5) is 5.69 Å². The molecule has 114 valence electrons. The molecule has 0 saturated heterocycles. The van der Waals surface area contributed by atoms with Gasteiger partial charge in [0.2, 0.25) is 5.91 Å². The molecule has 1 aromatic carbocycles. The van der Waals surface area contributed by atoms with Gasteiger partial charge in [0.15, 0.2) is 0 Å². The molecule has 20 heavy (non-hydrogen) atoms. The number of carbonyl (C=O) groups is 1. The summed E-state index contributed by atoms with van der Waals surface area (Å²) in [5.74, 6) is 0.793. The largest absolute Gasteiger partial charge is 0.324 e. The summed E-state index contributed by atoms with van der Waals surface area (Å²) in [5, 5.41) is 2.95. The van der Waals surface area contributed by atoms with Crippen LogP contribution in [0.1, 0.15) is 32.8 Å². The normalized spacial score (nSPS) is 12.4. The summed E-state index contributed by atoms with van der Waals surface area (Å²) in [7, 11) is 0. The molecule has 5 heteroatoms. The first-order chi connectivity index (χ1) is 8.86. The topological polar surface area (TPSA) is 55.1 Å². The lowest BCUT2D eigenvalue weighted by molar-refractivity contribution is -0.117. The van der Waals surface area contributed by atoms with Crippen LogP contribution < -0.4 is 11.1 Å². The fraction of sp³-hybridized carbons (Fsp3) is 0.533. The molecule has 3 nitrogen and oxygen atoms in total. The van der Waals surface area contributed by atoms with Crippen molar-refractivity contribution < 1.29 is 4.79 Å². The van der Waals surface area contributed by atoms with Gasteiger partial charge in [-0.2, -0.15) is 11.8 Å². The summed E-state index contributed by atoms with van der Waals surface area (Å²) in [6, 6.07) is 7.45. The molecule has 0 saturated carbocycles. The van der Waals surface area contributed by atoms with Crippen molar-refractivity contribution in [2.45, 2.75) is 38.6 Å². The lowest BCUT2D eigenvalue weighted by Crippen LogP contribution is -2.36. The second-order valence-electron chi connectivity index (χ2n) is 5.67. The second-order valence-corrected chi connectivity index (χ2v) is 6.66. The van der Waals surface area contributed by atoms with E-state index in [1.54, 1.807) is 11.8 Å². The molecule has 0 unspecified atom stereocenters. The Bertz CT molecular complexity index is 432. The minimum absolute atomic E-state index is 0. The Morgan fingerprint density at radius 2 is 1.95 bits per heavy atom. The lowest BCUT2D eigenvalue weighted by atomic mass is 9.86. The molecule has 0 aliphatic heterocycles. The van der Waals surface area contributed by atoms with Crippen LogP contribution in [0.5, 0.6) is 0 Å². The molecule has 0 heterocycles. The zero-order valence-corrected chi connectivity index (χ0v) is 14.2. The van der Waals surface area contributed by atoms with Crippen LogP contribution in [0.2, 0.25) is 0 Å². The highest BCUT2D eigenvalue weighted by Crippen LogP contribution is 2.29. The Labute approximate surface area is 132 Å². The monoisotopic (exact) mass is 316 g/mol. The molecule has 0 aliphatic rings. The van der Waals surface area contributed by atoms with Gasteiger partial charge in [0, 0.05) is 5.69 Å². The van der Waals surface area contributed by atoms with E-state index >= 15 is 0 Å². The van der Waals surface area contributed by atoms with Crippen LogP contribution in [0.15, 0.2) is 24.3 Å². The van der Waals surface area contributed by atoms with E-state index in [1.165, 1.54) is 0 Å². The fourth-order valence-corrected chi connectivity index (χ4v) is 2.34. The number of rotatable bonds is 5. The number of hydrogen-bond donors (Lipinski definition) is 2. The molecule has 0 aromatic heterocycles. The molecule has 3 N–H and O–H groups in total. The van der Waals surface area contributed by atoms with E-state index < -0.39 is 6.04 Å². The van der Waals surface area contributed by atoms with Gasteiger partial charge < -0.3 is 11.1 Å². The van der Waals surface area contributed by atoms with Crippen LogP contribution in [-0.2, 0) is 10.2 Å². The van der Waals surface area contributed by atoms with Crippen LogP contribution >= 0.6 is 24.2 Å². The SMILES string of the molecule is CSCC[C@H](N)C(=O)Nc1ccccc1C(C)(C)C.Cl. The fourth-order valence-electron chi connectivity index (χ4n) is 1.85. The van der Waals surface area contributed by atoms with Gasteiger partial charge in [-0.05, 0) is 35.5 Å². The highest BCUT2D eigenvalue weighted by molar-refractivity contribution is 7.98. The second kappa shape index (κ2) is 8.55. The van der Waals surface area contributed by atoms with Gasteiger partial charge in [0.25, 0.3) is 0 Å². The Morgan fingerprint density at radius 3 is 2.50 bits per heavy atom. The van der Waals surface area contributed by atoms with Crippen LogP contribution in [-0.4, -0.2) is 24.0 Å². The van der Waals surface area contributed by atoms with Crippen molar-refractivity contribution in [2.24, 2.45) is 5.73 Å². The summed E-state index contributed by atoms with van der Waals surface area (Å²) < 4.78 is 0. The molecule has 0 aliphatic carbocycles. The van der Waals surface area contributed by atoms with E-state index in [9.17, 15) is 4.79 Å². The first-order valence-electron chi connectivity index (χ1n) is 6.51. The zero-order valence-electron chi connectivity index (χ0n) is 12.6. The van der Waals surface area contributed by atoms with Crippen molar-refractivity contribution in [1.29, 1.82) is 0 Å². The summed E-state index contributed by atoms with van der Waals surface area (Å²) >= 11 is 1.70. The van der Waals surface area contributed by atoms with Gasteiger partial charge in [0.1, 0.15) is 0 Å². The van der Waals surface area contributed by atoms with Gasteiger partial charge in [-0.25, -0.2) is 0 Å². The number of nitrogens with one attached hydrogen (secondary N) is 1. The minimum atomic E-state index is -0.444. The van der Waals surface area contributed by atoms with Crippen molar-refractivity contribution in [3.63, 3.8) is 0 Å². The highest BCUT2D eigenvalue weighted by Gasteiger charge is 2.20. The van der Waals surface area contributed by atoms with E-state index in [0.717, 1.165) is 17.0 Å². The number of benzene rings is 1. The predicted octanol–water partition coefficient (Wildman–Crippen LogP) is 3.42. The third-order valence-corrected chi connectivity index (χ3v) is 3.61. The molecular weight excluding hydrogens is 292 g/mol. The molecule has 0 spiro atoms. The first kappa shape index (κ1) is 19.3. The molecule has 0 bridgehead atoms. The first-order valence-corrected chi connectivity index (χ1v) is 7.90. The molecule has 1 aromatic rings. The van der Waals surface area contributed by atoms with Gasteiger partial charge >= 0.3 is 0 Å². The predicted molar refractivity (Wildman–Crippen MR) is 92.0 cm³/mol. The molecule has 0 radical (unpaired) electrons. The summed E-state index contributed by atoms with van der Waals surface area (Å²) in [6.07, 6.45) is 2.71. The maximum absolute atomic E-state index is 12.1. The van der Waals surface area contributed by atoms with Crippen LogP contribution in [0.25, 0.3) is 0 Å². The third-order valence-electron chi connectivity index (χ3n) is 2.96. The van der Waals surface area contributed by atoms with Gasteiger partial charge in [-0.15, -0.1) is 12.4 Å². The Morgan fingerprint density at radius 1 is 1.35 bits per heavy atom. The Kier molecular flexibility index (Phi) is 8.25. The van der Waals surface area contributed by atoms with Gasteiger partial charge in [-0.3, -0.25) is 4.79 Å². The van der Waals surface area contributed by atoms with Crippen molar-refractivity contribution in [3.8, 4) is 0 Å². The number of halogens is 1. The highest BCUT2D eigenvalue weighted by atomic mass is 35.5. The van der Waals surface area contributed by atoms with E-state index in [1.807, 2.05) is 30.5 Å². The number of anilines is 1. The van der Waals surface area contributed by atoms with E-state index in [0.29, 0.717) is 6.42 Å². The summed E-state index contributed by atoms with van der Waals surface area (Å²) in [4.78, 5) is 12.1. The van der Waals surface area contributed by atoms with E-state index in [-0.39, 0.29) is 23.7 Å². The molecule has 1 amide bonds. The lowest BCUT2D eigenvalue weighted by Gasteiger charge is -2.23. The third kappa shape index (κ3) is 5.73. The number of carbonyl (C=O) groups excluding carboxylic acids is 1. The van der Waals surface area contributed by atoms with E-state index in [2.05, 4.69) is 26.1 Å². The van der Waals surface area contributed by atoms with Crippen LogP contribution in [0, 0.1) is 0 Å². The van der Waals surface area contributed by atoms with Crippen molar-refractivity contribution in [3.05, 3.63) is 29.8 Å². The average molecular weight is 317 g/mol. The number of nitrogens with two attached hydrogens (primary N) is 1. The van der Waals surface area contributed by atoms with E-state index in [4.69, 9.17) is 5.73 Å². The summed E-state index contributed by atoms with van der Waals surface area (Å²) in [5.41, 5.74) is 7.86. The molecule has 1 rings (SSSR count). The van der Waals surface area contributed by atoms with Gasteiger partial charge in [0.05, 0.1) is 6.04 Å². The molecule has 1 atom stereocenters. The van der Waals surface area contributed by atoms with Gasteiger partial charge in [-0.1, -0.05) is 39.0 Å². The average Bonchev–Trinajstić information content (AvgIpc) is 2.35. The van der Waals surface area contributed by atoms with Crippen molar-refractivity contribution in [1.82, 2.24) is 0 Å². The Hall–Kier alpha value is -0.710. The zero-order chi connectivity index (χ0) is 14.5. The standard InChI is InChI=1S/C15H24N2OS.ClH/c1-15(2,3)11-7-5-6-8-13(11)17-14(18)12(16)9-10-19-4;/h5-8,12H,9-10,16H2,1-4H3,(H,17,18);1H/t12-;/m0./s1. The van der Waals surface area contributed by atoms with Crippen LogP contribution in [0.3, 0.4) is 0 Å². The number of amides is 1. The maximum Gasteiger partial charge on any atom is 0.241 e. The molecule has 0 fully saturated rings. The maximum atomic E-state index is 12.1. The number of hydrogen-bond acceptors (Lipinski definition) is 3.